The van der Waals surface area contributed by atoms with Crippen LogP contribution < -0.4 is 5.32 Å². The number of nitrogens with zero attached hydrogens (tertiary/aromatic N) is 3. The van der Waals surface area contributed by atoms with E-state index in [2.05, 4.69) is 5.32 Å². The second kappa shape index (κ2) is 8.69. The molecule has 0 unspecified atom stereocenters. The Bertz CT molecular complexity index is 917. The van der Waals surface area contributed by atoms with Gasteiger partial charge in [-0.15, -0.1) is 0 Å². The number of nitrogens with one attached hydrogen (secondary N) is 1. The average Bonchev–Trinajstić information content (AvgIpc) is 3.11. The molecule has 0 aliphatic carbocycles. The van der Waals surface area contributed by atoms with Crippen LogP contribution in [0.2, 0.25) is 0 Å². The molecule has 0 bridgehead atoms. The molecule has 2 heterocycles. The van der Waals surface area contributed by atoms with Gasteiger partial charge in [0.05, 0.1) is 5.69 Å². The van der Waals surface area contributed by atoms with Gasteiger partial charge in [0.1, 0.15) is 11.6 Å². The molecule has 2 fully saturated rings. The van der Waals surface area contributed by atoms with E-state index in [0.717, 1.165) is 23.8 Å². The topological polar surface area (TPSA) is 55.9 Å². The molecule has 0 aromatic heterocycles. The summed E-state index contributed by atoms with van der Waals surface area (Å²) in [6, 6.07) is 12.5. The highest BCUT2D eigenvalue weighted by Gasteiger charge is 2.36. The lowest BCUT2D eigenvalue weighted by atomic mass is 10.0. The first-order chi connectivity index (χ1) is 14.5. The minimum atomic E-state index is -0.680. The molecule has 0 spiro atoms. The van der Waals surface area contributed by atoms with E-state index in [-0.39, 0.29) is 17.8 Å². The van der Waals surface area contributed by atoms with Crippen molar-refractivity contribution < 1.29 is 18.4 Å². The molecule has 158 valence electrons. The van der Waals surface area contributed by atoms with Gasteiger partial charge >= 0.3 is 12.1 Å². The number of carbonyl (C=O) groups is 2. The minimum Gasteiger partial charge on any atom is -0.324 e. The van der Waals surface area contributed by atoms with Gasteiger partial charge in [-0.3, -0.25) is 0 Å². The highest BCUT2D eigenvalue weighted by atomic mass is 19.1. The number of halogens is 2. The number of benzene rings is 2. The third-order valence-electron chi connectivity index (χ3n) is 5.71. The lowest BCUT2D eigenvalue weighted by molar-refractivity contribution is 0.139. The number of urea groups is 2. The normalized spacial score (nSPS) is 17.5. The van der Waals surface area contributed by atoms with Gasteiger partial charge in [-0.1, -0.05) is 30.3 Å². The van der Waals surface area contributed by atoms with Gasteiger partial charge in [0.25, 0.3) is 0 Å². The summed E-state index contributed by atoms with van der Waals surface area (Å²) >= 11 is 0. The van der Waals surface area contributed by atoms with E-state index in [0.29, 0.717) is 45.6 Å². The predicted octanol–water partition coefficient (Wildman–Crippen LogP) is 3.90. The third-order valence-corrected chi connectivity index (χ3v) is 5.71. The Kier molecular flexibility index (Phi) is 5.83. The Labute approximate surface area is 174 Å². The minimum absolute atomic E-state index is 0.0311. The molecule has 2 aromatic carbocycles. The number of amides is 4. The highest BCUT2D eigenvalue weighted by Crippen LogP contribution is 2.23. The first kappa shape index (κ1) is 20.1. The Morgan fingerprint density at radius 2 is 1.73 bits per heavy atom. The maximum absolute atomic E-state index is 13.8. The van der Waals surface area contributed by atoms with Crippen LogP contribution in [0.15, 0.2) is 48.5 Å². The Morgan fingerprint density at radius 3 is 2.47 bits per heavy atom. The summed E-state index contributed by atoms with van der Waals surface area (Å²) in [7, 11) is 0. The molecule has 4 rings (SSSR count). The van der Waals surface area contributed by atoms with Crippen LogP contribution in [0.1, 0.15) is 18.4 Å². The maximum atomic E-state index is 13.8. The summed E-state index contributed by atoms with van der Waals surface area (Å²) in [5, 5.41) is 2.43. The summed E-state index contributed by atoms with van der Waals surface area (Å²) in [5.74, 6) is -1.29. The van der Waals surface area contributed by atoms with Gasteiger partial charge in [-0.2, -0.15) is 0 Å². The van der Waals surface area contributed by atoms with Crippen LogP contribution in [0.5, 0.6) is 0 Å². The van der Waals surface area contributed by atoms with Gasteiger partial charge in [-0.05, 0) is 30.5 Å². The quantitative estimate of drug-likeness (QED) is 0.825. The Hall–Kier alpha value is -3.16. The van der Waals surface area contributed by atoms with E-state index in [1.807, 2.05) is 40.1 Å². The number of hydrogen-bond donors (Lipinski definition) is 1. The fraction of sp³-hybridized carbons (Fsp3) is 0.364. The van der Waals surface area contributed by atoms with Crippen LogP contribution in [0.25, 0.3) is 0 Å². The van der Waals surface area contributed by atoms with Gasteiger partial charge < -0.3 is 20.0 Å². The molecule has 2 aliphatic rings. The van der Waals surface area contributed by atoms with Crippen LogP contribution in [0.3, 0.4) is 0 Å². The van der Waals surface area contributed by atoms with Crippen LogP contribution >= 0.6 is 0 Å². The molecule has 30 heavy (non-hydrogen) atoms. The molecule has 2 aromatic rings. The molecule has 0 saturated carbocycles. The number of likely N-dealkylation sites (tertiary alicyclic amines) is 1. The van der Waals surface area contributed by atoms with Gasteiger partial charge in [0, 0.05) is 44.8 Å². The van der Waals surface area contributed by atoms with Crippen molar-refractivity contribution in [1.29, 1.82) is 0 Å². The molecule has 0 atom stereocenters. The van der Waals surface area contributed by atoms with Crippen molar-refractivity contribution in [3.63, 3.8) is 0 Å². The number of piperidine rings is 1. The van der Waals surface area contributed by atoms with Crippen molar-refractivity contribution in [3.05, 3.63) is 65.7 Å². The molecular formula is C22H24F2N4O2. The summed E-state index contributed by atoms with van der Waals surface area (Å²) in [6.07, 6.45) is 1.31. The van der Waals surface area contributed by atoms with Gasteiger partial charge in [0.2, 0.25) is 0 Å². The fourth-order valence-corrected chi connectivity index (χ4v) is 4.06. The Morgan fingerprint density at radius 1 is 1.00 bits per heavy atom. The number of hydrogen-bond acceptors (Lipinski definition) is 2. The van der Waals surface area contributed by atoms with Crippen molar-refractivity contribution in [1.82, 2.24) is 14.7 Å². The van der Waals surface area contributed by atoms with Crippen LogP contribution in [-0.2, 0) is 6.54 Å². The second-order valence-corrected chi connectivity index (χ2v) is 7.66. The zero-order chi connectivity index (χ0) is 21.1. The van der Waals surface area contributed by atoms with E-state index in [9.17, 15) is 18.4 Å². The summed E-state index contributed by atoms with van der Waals surface area (Å²) in [5.41, 5.74) is 0.928. The molecule has 2 saturated heterocycles. The van der Waals surface area contributed by atoms with Gasteiger partial charge in [0.15, 0.2) is 0 Å². The number of anilines is 1. The molecular weight excluding hydrogens is 390 g/mol. The van der Waals surface area contributed by atoms with E-state index in [4.69, 9.17) is 0 Å². The standard InChI is InChI=1S/C22H24F2N4O2/c23-17-6-7-19(24)20(14-17)25-21(29)26-10-8-18(9-11-26)28-13-12-27(22(28)30)15-16-4-2-1-3-5-16/h1-7,14,18H,8-13,15H2,(H,25,29). The molecule has 6 nitrogen and oxygen atoms in total. The molecule has 4 amide bonds. The van der Waals surface area contributed by atoms with E-state index < -0.39 is 17.7 Å². The van der Waals surface area contributed by atoms with Gasteiger partial charge in [-0.25, -0.2) is 18.4 Å². The fourth-order valence-electron chi connectivity index (χ4n) is 4.06. The zero-order valence-corrected chi connectivity index (χ0v) is 16.6. The molecule has 8 heteroatoms. The molecule has 0 radical (unpaired) electrons. The monoisotopic (exact) mass is 414 g/mol. The van der Waals surface area contributed by atoms with Crippen LogP contribution in [0.4, 0.5) is 24.1 Å². The molecule has 2 aliphatic heterocycles. The predicted molar refractivity (Wildman–Crippen MR) is 109 cm³/mol. The van der Waals surface area contributed by atoms with Crippen molar-refractivity contribution in [2.24, 2.45) is 0 Å². The van der Waals surface area contributed by atoms with Crippen LogP contribution in [-0.4, -0.2) is 59.0 Å². The van der Waals surface area contributed by atoms with Crippen molar-refractivity contribution in [3.8, 4) is 0 Å². The SMILES string of the molecule is O=C(Nc1cc(F)ccc1F)N1CCC(N2CCN(Cc3ccccc3)C2=O)CC1. The highest BCUT2D eigenvalue weighted by molar-refractivity contribution is 5.89. The third kappa shape index (κ3) is 4.37. The number of rotatable bonds is 4. The summed E-state index contributed by atoms with van der Waals surface area (Å²) < 4.78 is 27.0. The van der Waals surface area contributed by atoms with Crippen LogP contribution in [0, 0.1) is 11.6 Å². The first-order valence-corrected chi connectivity index (χ1v) is 10.1. The Balaban J connectivity index is 1.29. The first-order valence-electron chi connectivity index (χ1n) is 10.1. The largest absolute Gasteiger partial charge is 0.324 e. The van der Waals surface area contributed by atoms with Crippen molar-refractivity contribution in [2.75, 3.05) is 31.5 Å². The van der Waals surface area contributed by atoms with E-state index in [1.165, 1.54) is 0 Å². The van der Waals surface area contributed by atoms with Crippen molar-refractivity contribution >= 4 is 17.7 Å². The average molecular weight is 414 g/mol. The lowest BCUT2D eigenvalue weighted by Gasteiger charge is -2.36. The molecule has 1 N–H and O–H groups in total. The lowest BCUT2D eigenvalue weighted by Crippen LogP contribution is -2.49. The smallest absolute Gasteiger partial charge is 0.321 e. The zero-order valence-electron chi connectivity index (χ0n) is 16.6. The summed E-state index contributed by atoms with van der Waals surface area (Å²) in [4.78, 5) is 30.5. The van der Waals surface area contributed by atoms with E-state index in [1.54, 1.807) is 4.90 Å². The summed E-state index contributed by atoms with van der Waals surface area (Å²) in [6.45, 7) is 2.87. The van der Waals surface area contributed by atoms with E-state index >= 15 is 0 Å². The maximum Gasteiger partial charge on any atom is 0.321 e. The van der Waals surface area contributed by atoms with Crippen molar-refractivity contribution in [2.45, 2.75) is 25.4 Å². The second-order valence-electron chi connectivity index (χ2n) is 7.66. The number of carbonyl (C=O) groups excluding carboxylic acids is 2.